The lowest BCUT2D eigenvalue weighted by Crippen LogP contribution is -2.59. The number of likely N-dealkylation sites (N-methyl/N-ethyl adjacent to an activating group) is 1. The second-order valence-corrected chi connectivity index (χ2v) is 8.89. The van der Waals surface area contributed by atoms with Gasteiger partial charge in [-0.3, -0.25) is 0 Å². The van der Waals surface area contributed by atoms with Gasteiger partial charge in [0.2, 0.25) is 0 Å². The van der Waals surface area contributed by atoms with Crippen molar-refractivity contribution < 1.29 is 4.74 Å². The second-order valence-electron chi connectivity index (χ2n) is 8.89. The van der Waals surface area contributed by atoms with Crippen LogP contribution in [0.15, 0.2) is 12.1 Å². The summed E-state index contributed by atoms with van der Waals surface area (Å²) in [6.45, 7) is 3.63. The number of piperidine rings is 1. The Labute approximate surface area is 152 Å². The summed E-state index contributed by atoms with van der Waals surface area (Å²) in [5.41, 5.74) is 5.06. The zero-order chi connectivity index (χ0) is 17.0. The summed E-state index contributed by atoms with van der Waals surface area (Å²) in [6.07, 6.45) is 10.9. The van der Waals surface area contributed by atoms with E-state index < -0.39 is 0 Å². The molecule has 1 aromatic carbocycles. The van der Waals surface area contributed by atoms with Gasteiger partial charge in [-0.1, -0.05) is 12.8 Å². The summed E-state index contributed by atoms with van der Waals surface area (Å²) in [4.78, 5) is 5.21. The number of ether oxygens (including phenoxy) is 1. The lowest BCUT2D eigenvalue weighted by molar-refractivity contribution is 0.00276. The molecule has 3 fully saturated rings. The molecule has 0 amide bonds. The summed E-state index contributed by atoms with van der Waals surface area (Å²) in [5.74, 6) is 1.98. The Hall–Kier alpha value is -1.22. The minimum Gasteiger partial charge on any atom is -0.495 e. The van der Waals surface area contributed by atoms with E-state index in [1.807, 2.05) is 7.11 Å². The molecule has 2 saturated heterocycles. The van der Waals surface area contributed by atoms with Crippen molar-refractivity contribution in [3.63, 3.8) is 0 Å². The Morgan fingerprint density at radius 1 is 1.04 bits per heavy atom. The standard InChI is InChI=1S/C22H32N2O/c1-23-12-9-22-8-4-3-7-17(22)19(23)13-16-14-20(24-10-5-6-11-24)21(25-2)15-18(16)22/h14-15,17,19H,3-13H2,1-2H3/t17-,19+,22+/m1/s1. The molecular formula is C22H32N2O. The van der Waals surface area contributed by atoms with E-state index in [-0.39, 0.29) is 0 Å². The van der Waals surface area contributed by atoms with Crippen LogP contribution in [0, 0.1) is 5.92 Å². The highest BCUT2D eigenvalue weighted by atomic mass is 16.5. The van der Waals surface area contributed by atoms with Gasteiger partial charge in [-0.2, -0.15) is 0 Å². The molecular weight excluding hydrogens is 308 g/mol. The third kappa shape index (κ3) is 2.27. The van der Waals surface area contributed by atoms with Crippen LogP contribution >= 0.6 is 0 Å². The van der Waals surface area contributed by atoms with Gasteiger partial charge in [0.15, 0.2) is 0 Å². The highest BCUT2D eigenvalue weighted by Gasteiger charge is 2.53. The van der Waals surface area contributed by atoms with Crippen molar-refractivity contribution >= 4 is 5.69 Å². The van der Waals surface area contributed by atoms with Gasteiger partial charge in [-0.05, 0) is 81.3 Å². The van der Waals surface area contributed by atoms with Crippen LogP contribution in [0.1, 0.15) is 56.1 Å². The Kier molecular flexibility index (Phi) is 3.78. The van der Waals surface area contributed by atoms with Gasteiger partial charge >= 0.3 is 0 Å². The lowest BCUT2D eigenvalue weighted by Gasteiger charge is -2.58. The van der Waals surface area contributed by atoms with Crippen LogP contribution in [0.4, 0.5) is 5.69 Å². The van der Waals surface area contributed by atoms with E-state index in [1.54, 1.807) is 11.1 Å². The Bertz CT molecular complexity index is 666. The molecule has 25 heavy (non-hydrogen) atoms. The number of methoxy groups -OCH3 is 1. The molecule has 5 rings (SSSR count). The lowest BCUT2D eigenvalue weighted by atomic mass is 9.52. The van der Waals surface area contributed by atoms with E-state index in [1.165, 1.54) is 76.7 Å². The monoisotopic (exact) mass is 340 g/mol. The number of hydrogen-bond acceptors (Lipinski definition) is 3. The Balaban J connectivity index is 1.65. The largest absolute Gasteiger partial charge is 0.495 e. The molecule has 2 aliphatic carbocycles. The molecule has 136 valence electrons. The van der Waals surface area contributed by atoms with Crippen molar-refractivity contribution in [2.75, 3.05) is 38.7 Å². The Morgan fingerprint density at radius 2 is 1.88 bits per heavy atom. The third-order valence-electron chi connectivity index (χ3n) is 7.86. The summed E-state index contributed by atoms with van der Waals surface area (Å²) in [5, 5.41) is 0. The van der Waals surface area contributed by atoms with Crippen LogP contribution in [0.2, 0.25) is 0 Å². The second kappa shape index (κ2) is 5.90. The number of fused-ring (bicyclic) bond motifs is 1. The van der Waals surface area contributed by atoms with Crippen LogP contribution in [-0.4, -0.2) is 44.7 Å². The summed E-state index contributed by atoms with van der Waals surface area (Å²) in [7, 11) is 4.22. The van der Waals surface area contributed by atoms with E-state index in [9.17, 15) is 0 Å². The highest BCUT2D eigenvalue weighted by molar-refractivity contribution is 5.64. The van der Waals surface area contributed by atoms with Crippen LogP contribution in [0.5, 0.6) is 5.75 Å². The normalized spacial score (nSPS) is 34.6. The average Bonchev–Trinajstić information content (AvgIpc) is 3.18. The van der Waals surface area contributed by atoms with Crippen molar-refractivity contribution in [1.29, 1.82) is 0 Å². The zero-order valence-electron chi connectivity index (χ0n) is 15.9. The van der Waals surface area contributed by atoms with Crippen LogP contribution in [0.25, 0.3) is 0 Å². The molecule has 1 saturated carbocycles. The third-order valence-corrected chi connectivity index (χ3v) is 7.86. The van der Waals surface area contributed by atoms with Crippen LogP contribution < -0.4 is 9.64 Å². The molecule has 2 heterocycles. The maximum absolute atomic E-state index is 5.91. The van der Waals surface area contributed by atoms with E-state index >= 15 is 0 Å². The van der Waals surface area contributed by atoms with Crippen LogP contribution in [-0.2, 0) is 11.8 Å². The fourth-order valence-electron chi connectivity index (χ4n) is 6.59. The average molecular weight is 341 g/mol. The predicted molar refractivity (Wildman–Crippen MR) is 103 cm³/mol. The quantitative estimate of drug-likeness (QED) is 0.810. The SMILES string of the molecule is COc1cc2c(cc1N1CCCC1)C[C@H]1[C@H]3CCCC[C@@]23CCN1C. The van der Waals surface area contributed by atoms with E-state index in [0.29, 0.717) is 5.41 Å². The molecule has 0 aromatic heterocycles. The fourth-order valence-corrected chi connectivity index (χ4v) is 6.59. The first-order valence-electron chi connectivity index (χ1n) is 10.4. The first-order valence-corrected chi connectivity index (χ1v) is 10.4. The first kappa shape index (κ1) is 16.0. The zero-order valence-corrected chi connectivity index (χ0v) is 15.9. The number of rotatable bonds is 2. The van der Waals surface area contributed by atoms with Gasteiger partial charge in [0.05, 0.1) is 12.8 Å². The molecule has 3 nitrogen and oxygen atoms in total. The van der Waals surface area contributed by atoms with Gasteiger partial charge in [0.25, 0.3) is 0 Å². The molecule has 2 aliphatic heterocycles. The molecule has 0 N–H and O–H groups in total. The van der Waals surface area contributed by atoms with Crippen LogP contribution in [0.3, 0.4) is 0 Å². The van der Waals surface area contributed by atoms with E-state index in [2.05, 4.69) is 29.0 Å². The van der Waals surface area contributed by atoms with Gasteiger partial charge in [-0.15, -0.1) is 0 Å². The number of nitrogens with zero attached hydrogens (tertiary/aromatic N) is 2. The minimum atomic E-state index is 0.430. The fraction of sp³-hybridized carbons (Fsp3) is 0.727. The van der Waals surface area contributed by atoms with Crippen molar-refractivity contribution in [1.82, 2.24) is 4.90 Å². The van der Waals surface area contributed by atoms with E-state index in [0.717, 1.165) is 17.7 Å². The first-order chi connectivity index (χ1) is 12.2. The molecule has 3 heteroatoms. The van der Waals surface area contributed by atoms with Crippen molar-refractivity contribution in [2.24, 2.45) is 5.92 Å². The van der Waals surface area contributed by atoms with E-state index in [4.69, 9.17) is 4.74 Å². The van der Waals surface area contributed by atoms with Gasteiger partial charge in [-0.25, -0.2) is 0 Å². The van der Waals surface area contributed by atoms with Crippen molar-refractivity contribution in [3.8, 4) is 5.75 Å². The summed E-state index contributed by atoms with van der Waals surface area (Å²) < 4.78 is 5.91. The van der Waals surface area contributed by atoms with Crippen molar-refractivity contribution in [3.05, 3.63) is 23.3 Å². The molecule has 1 aromatic rings. The van der Waals surface area contributed by atoms with Gasteiger partial charge in [0, 0.05) is 24.5 Å². The van der Waals surface area contributed by atoms with Gasteiger partial charge in [0.1, 0.15) is 5.75 Å². The van der Waals surface area contributed by atoms with Crippen molar-refractivity contribution in [2.45, 2.75) is 62.8 Å². The number of likely N-dealkylation sites (tertiary alicyclic amines) is 1. The number of hydrogen-bond donors (Lipinski definition) is 0. The molecule has 0 unspecified atom stereocenters. The topological polar surface area (TPSA) is 15.7 Å². The summed E-state index contributed by atoms with van der Waals surface area (Å²) in [6, 6.07) is 5.72. The smallest absolute Gasteiger partial charge is 0.142 e. The molecule has 0 spiro atoms. The maximum Gasteiger partial charge on any atom is 0.142 e. The number of benzene rings is 1. The highest BCUT2D eigenvalue weighted by Crippen LogP contribution is 2.56. The summed E-state index contributed by atoms with van der Waals surface area (Å²) >= 11 is 0. The minimum absolute atomic E-state index is 0.430. The predicted octanol–water partition coefficient (Wildman–Crippen LogP) is 3.98. The molecule has 2 bridgehead atoms. The molecule has 4 aliphatic rings. The molecule has 3 atom stereocenters. The maximum atomic E-state index is 5.91. The Morgan fingerprint density at radius 3 is 2.68 bits per heavy atom. The van der Waals surface area contributed by atoms with Gasteiger partial charge < -0.3 is 14.5 Å². The number of anilines is 1. The molecule has 0 radical (unpaired) electrons.